The van der Waals surface area contributed by atoms with Crippen molar-refractivity contribution >= 4 is 34.1 Å². The van der Waals surface area contributed by atoms with Crippen LogP contribution in [0.25, 0.3) is 0 Å². The zero-order valence-electron chi connectivity index (χ0n) is 21.8. The molecule has 190 valence electrons. The van der Waals surface area contributed by atoms with Crippen LogP contribution < -0.4 is 19.5 Å². The second-order valence-corrected chi connectivity index (χ2v) is 11.1. The molecule has 4 rings (SSSR count). The number of nitrogens with zero attached hydrogens (tertiary/aromatic N) is 1. The highest BCUT2D eigenvalue weighted by Gasteiger charge is 2.33. The number of para-hydroxylation sites is 1. The number of nitrogens with one attached hydrogen (secondary N) is 1. The van der Waals surface area contributed by atoms with Crippen molar-refractivity contribution in [3.05, 3.63) is 64.0 Å². The summed E-state index contributed by atoms with van der Waals surface area (Å²) in [6, 6.07) is 13.2. The van der Waals surface area contributed by atoms with Gasteiger partial charge in [-0.05, 0) is 60.4 Å². The van der Waals surface area contributed by atoms with E-state index in [2.05, 4.69) is 26.1 Å². The van der Waals surface area contributed by atoms with Crippen LogP contribution in [0.2, 0.25) is 0 Å². The van der Waals surface area contributed by atoms with Crippen molar-refractivity contribution in [1.29, 1.82) is 0 Å². The molecule has 1 atom stereocenters. The molecule has 0 saturated heterocycles. The highest BCUT2D eigenvalue weighted by atomic mass is 32.1. The van der Waals surface area contributed by atoms with Gasteiger partial charge in [-0.1, -0.05) is 39.0 Å². The molecule has 0 bridgehead atoms. The minimum Gasteiger partial charge on any atom is -0.493 e. The lowest BCUT2D eigenvalue weighted by Gasteiger charge is -2.33. The Bertz CT molecular complexity index is 1260. The van der Waals surface area contributed by atoms with Crippen molar-refractivity contribution in [3.8, 4) is 17.2 Å². The molecule has 1 N–H and O–H groups in total. The number of rotatable bonds is 7. The monoisotopic (exact) mass is 506 g/mol. The third-order valence-electron chi connectivity index (χ3n) is 6.79. The Morgan fingerprint density at radius 2 is 1.75 bits per heavy atom. The fourth-order valence-corrected chi connectivity index (χ4v) is 5.97. The summed E-state index contributed by atoms with van der Waals surface area (Å²) in [7, 11) is 4.75. The maximum atomic E-state index is 13.5. The zero-order valence-corrected chi connectivity index (χ0v) is 22.6. The van der Waals surface area contributed by atoms with Gasteiger partial charge in [0.25, 0.3) is 5.91 Å². The van der Waals surface area contributed by atoms with E-state index < -0.39 is 0 Å². The van der Waals surface area contributed by atoms with Crippen LogP contribution in [0.15, 0.2) is 47.5 Å². The van der Waals surface area contributed by atoms with Gasteiger partial charge in [0.15, 0.2) is 11.5 Å². The summed E-state index contributed by atoms with van der Waals surface area (Å²) >= 11 is 1.62. The van der Waals surface area contributed by atoms with Gasteiger partial charge in [-0.2, -0.15) is 0 Å². The number of methoxy groups -OCH3 is 3. The van der Waals surface area contributed by atoms with Gasteiger partial charge in [0.05, 0.1) is 26.9 Å². The molecule has 1 aliphatic carbocycles. The van der Waals surface area contributed by atoms with E-state index in [1.807, 2.05) is 42.5 Å². The van der Waals surface area contributed by atoms with E-state index in [0.717, 1.165) is 36.1 Å². The van der Waals surface area contributed by atoms with Gasteiger partial charge in [0.2, 0.25) is 5.75 Å². The average Bonchev–Trinajstić information content (AvgIpc) is 3.24. The molecule has 0 spiro atoms. The predicted octanol–water partition coefficient (Wildman–Crippen LogP) is 6.93. The van der Waals surface area contributed by atoms with Gasteiger partial charge in [-0.15, -0.1) is 11.3 Å². The van der Waals surface area contributed by atoms with Crippen LogP contribution in [-0.2, 0) is 12.8 Å². The molecule has 0 saturated carbocycles. The molecule has 36 heavy (non-hydrogen) atoms. The van der Waals surface area contributed by atoms with Crippen LogP contribution in [0, 0.1) is 11.3 Å². The van der Waals surface area contributed by atoms with Crippen LogP contribution in [-0.4, -0.2) is 33.5 Å². The standard InChI is InChI=1S/C29H34N2O4S/c1-29(2,3)19-13-14-21-23(16-19)36-28(24(21)27(32)31-20-10-8-7-9-11-20)30-17-18-12-15-22(33-4)26(35-6)25(18)34-5/h7-12,15,17,19H,13-14,16H2,1-6H3,(H,31,32)/b30-17+. The summed E-state index contributed by atoms with van der Waals surface area (Å²) in [4.78, 5) is 19.6. The SMILES string of the molecule is COc1ccc(/C=N/c2sc3c(c2C(=O)Nc2ccccc2)CCC(C(C)(C)C)C3)c(OC)c1OC. The molecule has 3 aromatic rings. The quantitative estimate of drug-likeness (QED) is 0.353. The highest BCUT2D eigenvalue weighted by Crippen LogP contribution is 2.46. The summed E-state index contributed by atoms with van der Waals surface area (Å²) in [5.41, 5.74) is 3.51. The van der Waals surface area contributed by atoms with Crippen molar-refractivity contribution in [3.63, 3.8) is 0 Å². The number of anilines is 1. The molecule has 1 heterocycles. The third-order valence-corrected chi connectivity index (χ3v) is 7.95. The van der Waals surface area contributed by atoms with E-state index in [1.165, 1.54) is 4.88 Å². The molecular formula is C29H34N2O4S. The number of carbonyl (C=O) groups is 1. The minimum atomic E-state index is -0.126. The first-order valence-corrected chi connectivity index (χ1v) is 12.9. The smallest absolute Gasteiger partial charge is 0.259 e. The largest absolute Gasteiger partial charge is 0.493 e. The van der Waals surface area contributed by atoms with E-state index in [1.54, 1.807) is 38.9 Å². The zero-order chi connectivity index (χ0) is 25.9. The lowest BCUT2D eigenvalue weighted by Crippen LogP contribution is -2.27. The van der Waals surface area contributed by atoms with Gasteiger partial charge >= 0.3 is 0 Å². The number of benzene rings is 2. The van der Waals surface area contributed by atoms with Crippen molar-refractivity contribution < 1.29 is 19.0 Å². The number of aliphatic imine (C=N–C) groups is 1. The Labute approximate surface area is 217 Å². The van der Waals surface area contributed by atoms with Crippen LogP contribution in [0.4, 0.5) is 10.7 Å². The lowest BCUT2D eigenvalue weighted by atomic mass is 9.72. The lowest BCUT2D eigenvalue weighted by molar-refractivity contribution is 0.102. The Hall–Kier alpha value is -3.32. The second kappa shape index (κ2) is 10.7. The summed E-state index contributed by atoms with van der Waals surface area (Å²) in [6.45, 7) is 6.88. The molecule has 6 nitrogen and oxygen atoms in total. The number of thiophene rings is 1. The average molecular weight is 507 g/mol. The van der Waals surface area contributed by atoms with Crippen LogP contribution in [0.1, 0.15) is 53.6 Å². The number of hydrogen-bond donors (Lipinski definition) is 1. The second-order valence-electron chi connectivity index (χ2n) is 9.99. The summed E-state index contributed by atoms with van der Waals surface area (Å²) in [6.07, 6.45) is 4.63. The van der Waals surface area contributed by atoms with Crippen molar-refractivity contribution in [2.24, 2.45) is 16.3 Å². The van der Waals surface area contributed by atoms with Crippen LogP contribution in [0.5, 0.6) is 17.2 Å². The van der Waals surface area contributed by atoms with E-state index in [0.29, 0.717) is 33.7 Å². The first kappa shape index (κ1) is 25.8. The maximum Gasteiger partial charge on any atom is 0.259 e. The fourth-order valence-electron chi connectivity index (χ4n) is 4.71. The van der Waals surface area contributed by atoms with E-state index in [4.69, 9.17) is 19.2 Å². The Kier molecular flexibility index (Phi) is 7.69. The van der Waals surface area contributed by atoms with Gasteiger partial charge < -0.3 is 19.5 Å². The van der Waals surface area contributed by atoms with Gasteiger partial charge in [-0.25, -0.2) is 4.99 Å². The number of carbonyl (C=O) groups excluding carboxylic acids is 1. The molecule has 1 aromatic heterocycles. The van der Waals surface area contributed by atoms with Crippen LogP contribution >= 0.6 is 11.3 Å². The van der Waals surface area contributed by atoms with Gasteiger partial charge in [0.1, 0.15) is 5.00 Å². The number of ether oxygens (including phenoxy) is 3. The first-order valence-electron chi connectivity index (χ1n) is 12.1. The predicted molar refractivity (Wildman–Crippen MR) is 147 cm³/mol. The molecule has 0 fully saturated rings. The first-order chi connectivity index (χ1) is 17.3. The maximum absolute atomic E-state index is 13.5. The molecule has 1 aliphatic rings. The molecule has 0 radical (unpaired) electrons. The Balaban J connectivity index is 1.75. The molecule has 1 amide bonds. The minimum absolute atomic E-state index is 0.126. The Morgan fingerprint density at radius 1 is 1.03 bits per heavy atom. The van der Waals surface area contributed by atoms with Crippen molar-refractivity contribution in [1.82, 2.24) is 0 Å². The van der Waals surface area contributed by atoms with Crippen molar-refractivity contribution in [2.45, 2.75) is 40.0 Å². The van der Waals surface area contributed by atoms with Gasteiger partial charge in [-0.3, -0.25) is 4.79 Å². The van der Waals surface area contributed by atoms with E-state index in [9.17, 15) is 4.79 Å². The number of fused-ring (bicyclic) bond motifs is 1. The summed E-state index contributed by atoms with van der Waals surface area (Å²) in [5, 5.41) is 3.77. The number of hydrogen-bond acceptors (Lipinski definition) is 6. The molecule has 0 aliphatic heterocycles. The fraction of sp³-hybridized carbons (Fsp3) is 0.379. The molecule has 7 heteroatoms. The van der Waals surface area contributed by atoms with Gasteiger partial charge in [0, 0.05) is 22.3 Å². The highest BCUT2D eigenvalue weighted by molar-refractivity contribution is 7.16. The molecular weight excluding hydrogens is 472 g/mol. The van der Waals surface area contributed by atoms with E-state index in [-0.39, 0.29) is 11.3 Å². The normalized spacial score (nSPS) is 15.4. The number of amides is 1. The molecule has 2 aromatic carbocycles. The summed E-state index contributed by atoms with van der Waals surface area (Å²) in [5.74, 6) is 2.06. The Morgan fingerprint density at radius 3 is 2.39 bits per heavy atom. The van der Waals surface area contributed by atoms with E-state index >= 15 is 0 Å². The van der Waals surface area contributed by atoms with Crippen molar-refractivity contribution in [2.75, 3.05) is 26.6 Å². The van der Waals surface area contributed by atoms with Crippen LogP contribution in [0.3, 0.4) is 0 Å². The summed E-state index contributed by atoms with van der Waals surface area (Å²) < 4.78 is 16.5. The third kappa shape index (κ3) is 5.26. The molecule has 1 unspecified atom stereocenters. The topological polar surface area (TPSA) is 69.2 Å².